The van der Waals surface area contributed by atoms with Crippen LogP contribution in [0, 0.1) is 0 Å². The molecule has 0 saturated carbocycles. The molecule has 0 heterocycles. The number of rotatable bonds is 6. The van der Waals surface area contributed by atoms with Gasteiger partial charge in [-0.05, 0) is 24.1 Å². The maximum atomic E-state index is 12.7. The minimum absolute atomic E-state index is 0.120. The van der Waals surface area contributed by atoms with E-state index in [9.17, 15) is 22.4 Å². The topological polar surface area (TPSA) is 47.6 Å². The van der Waals surface area contributed by atoms with E-state index in [0.29, 0.717) is 17.1 Å². The van der Waals surface area contributed by atoms with Crippen molar-refractivity contribution in [3.05, 3.63) is 23.8 Å². The molecule has 0 spiro atoms. The second-order valence-corrected chi connectivity index (χ2v) is 4.13. The third-order valence-corrected chi connectivity index (χ3v) is 2.68. The maximum absolute atomic E-state index is 12.7. The Morgan fingerprint density at radius 1 is 1.24 bits per heavy atom. The summed E-state index contributed by atoms with van der Waals surface area (Å²) in [5.74, 6) is -0.728. The van der Waals surface area contributed by atoms with Crippen LogP contribution >= 0.6 is 0 Å². The molecule has 0 fully saturated rings. The molecule has 8 heteroatoms. The Bertz CT molecular complexity index is 491. The standard InChI is InChI=1S/C13H15F4NO3/c1-20-9-4-3-8(7-10(9)21-2)5-6-18-12(19)11(14)13(15,16)17/h3-4,7,11H,5-6H2,1-2H3,(H,18,19)/t11-/m1/s1. The zero-order valence-corrected chi connectivity index (χ0v) is 11.5. The smallest absolute Gasteiger partial charge is 0.428 e. The quantitative estimate of drug-likeness (QED) is 0.820. The third kappa shape index (κ3) is 4.80. The number of carbonyl (C=O) groups is 1. The molecular weight excluding hydrogens is 294 g/mol. The monoisotopic (exact) mass is 309 g/mol. The highest BCUT2D eigenvalue weighted by molar-refractivity contribution is 5.81. The maximum Gasteiger partial charge on any atom is 0.428 e. The summed E-state index contributed by atoms with van der Waals surface area (Å²) in [5, 5.41) is 1.90. The van der Waals surface area contributed by atoms with Crippen LogP contribution in [0.1, 0.15) is 5.56 Å². The number of hydrogen-bond acceptors (Lipinski definition) is 3. The summed E-state index contributed by atoms with van der Waals surface area (Å²) in [6.07, 6.45) is -8.47. The minimum atomic E-state index is -5.19. The van der Waals surface area contributed by atoms with Crippen molar-refractivity contribution in [3.63, 3.8) is 0 Å². The van der Waals surface area contributed by atoms with E-state index in [0.717, 1.165) is 0 Å². The van der Waals surface area contributed by atoms with Crippen LogP contribution in [-0.2, 0) is 11.2 Å². The van der Waals surface area contributed by atoms with Crippen molar-refractivity contribution in [3.8, 4) is 11.5 Å². The molecule has 1 atom stereocenters. The highest BCUT2D eigenvalue weighted by Gasteiger charge is 2.45. The van der Waals surface area contributed by atoms with Gasteiger partial charge >= 0.3 is 6.18 Å². The first kappa shape index (κ1) is 17.1. The summed E-state index contributed by atoms with van der Waals surface area (Å²) in [6, 6.07) is 4.93. The largest absolute Gasteiger partial charge is 0.493 e. The van der Waals surface area contributed by atoms with Crippen LogP contribution < -0.4 is 14.8 Å². The molecule has 0 saturated heterocycles. The summed E-state index contributed by atoms with van der Waals surface area (Å²) in [6.45, 7) is -0.120. The van der Waals surface area contributed by atoms with Crippen LogP contribution in [0.5, 0.6) is 11.5 Å². The highest BCUT2D eigenvalue weighted by atomic mass is 19.4. The average molecular weight is 309 g/mol. The van der Waals surface area contributed by atoms with E-state index in [1.165, 1.54) is 14.2 Å². The molecule has 4 nitrogen and oxygen atoms in total. The Morgan fingerprint density at radius 3 is 2.38 bits per heavy atom. The van der Waals surface area contributed by atoms with Crippen molar-refractivity contribution in [2.24, 2.45) is 0 Å². The molecule has 1 rings (SSSR count). The van der Waals surface area contributed by atoms with Crippen LogP contribution in [-0.4, -0.2) is 39.0 Å². The molecule has 1 N–H and O–H groups in total. The number of benzene rings is 1. The Hall–Kier alpha value is -1.99. The number of nitrogens with one attached hydrogen (secondary N) is 1. The number of carbonyl (C=O) groups excluding carboxylic acids is 1. The van der Waals surface area contributed by atoms with E-state index in [2.05, 4.69) is 0 Å². The predicted molar refractivity (Wildman–Crippen MR) is 67.2 cm³/mol. The van der Waals surface area contributed by atoms with E-state index in [4.69, 9.17) is 9.47 Å². The summed E-state index contributed by atoms with van der Waals surface area (Å²) in [7, 11) is 2.91. The van der Waals surface area contributed by atoms with E-state index >= 15 is 0 Å². The van der Waals surface area contributed by atoms with E-state index in [-0.39, 0.29) is 13.0 Å². The number of ether oxygens (including phenoxy) is 2. The van der Waals surface area contributed by atoms with Crippen LogP contribution in [0.4, 0.5) is 17.6 Å². The number of amides is 1. The lowest BCUT2D eigenvalue weighted by atomic mass is 10.1. The van der Waals surface area contributed by atoms with Crippen LogP contribution in [0.15, 0.2) is 18.2 Å². The SMILES string of the molecule is COc1ccc(CCNC(=O)[C@@H](F)C(F)(F)F)cc1OC. The Morgan fingerprint density at radius 2 is 1.86 bits per heavy atom. The lowest BCUT2D eigenvalue weighted by Gasteiger charge is -2.13. The number of alkyl halides is 4. The molecule has 0 aliphatic carbocycles. The van der Waals surface area contributed by atoms with Gasteiger partial charge < -0.3 is 14.8 Å². The number of hydrogen-bond donors (Lipinski definition) is 1. The van der Waals surface area contributed by atoms with E-state index < -0.39 is 18.3 Å². The summed E-state index contributed by atoms with van der Waals surface area (Å²) < 4.78 is 58.7. The molecule has 118 valence electrons. The van der Waals surface area contributed by atoms with Crippen LogP contribution in [0.3, 0.4) is 0 Å². The molecule has 0 aliphatic rings. The second kappa shape index (κ2) is 7.14. The van der Waals surface area contributed by atoms with Gasteiger partial charge in [0.15, 0.2) is 11.5 Å². The van der Waals surface area contributed by atoms with Crippen molar-refractivity contribution in [2.75, 3.05) is 20.8 Å². The van der Waals surface area contributed by atoms with Crippen molar-refractivity contribution >= 4 is 5.91 Å². The van der Waals surface area contributed by atoms with Gasteiger partial charge in [0.25, 0.3) is 12.1 Å². The molecule has 1 aromatic carbocycles. The van der Waals surface area contributed by atoms with Gasteiger partial charge in [0.1, 0.15) is 0 Å². The molecular formula is C13H15F4NO3. The fraction of sp³-hybridized carbons (Fsp3) is 0.462. The van der Waals surface area contributed by atoms with Gasteiger partial charge in [0, 0.05) is 6.54 Å². The summed E-state index contributed by atoms with van der Waals surface area (Å²) in [4.78, 5) is 11.0. The first-order chi connectivity index (χ1) is 9.79. The zero-order valence-electron chi connectivity index (χ0n) is 11.5. The van der Waals surface area contributed by atoms with E-state index in [1.54, 1.807) is 18.2 Å². The Kier molecular flexibility index (Phi) is 5.80. The first-order valence-electron chi connectivity index (χ1n) is 5.99. The fourth-order valence-electron chi connectivity index (χ4n) is 1.60. The second-order valence-electron chi connectivity index (χ2n) is 4.13. The van der Waals surface area contributed by atoms with Gasteiger partial charge in [0.05, 0.1) is 14.2 Å². The van der Waals surface area contributed by atoms with Crippen LogP contribution in [0.2, 0.25) is 0 Å². The van der Waals surface area contributed by atoms with Crippen molar-refractivity contribution in [1.82, 2.24) is 5.32 Å². The van der Waals surface area contributed by atoms with Crippen molar-refractivity contribution < 1.29 is 31.8 Å². The molecule has 1 aromatic rings. The van der Waals surface area contributed by atoms with Gasteiger partial charge in [0.2, 0.25) is 0 Å². The zero-order chi connectivity index (χ0) is 16.0. The van der Waals surface area contributed by atoms with Gasteiger partial charge in [-0.1, -0.05) is 6.07 Å². The van der Waals surface area contributed by atoms with Gasteiger partial charge in [-0.15, -0.1) is 0 Å². The molecule has 0 aliphatic heterocycles. The molecule has 0 radical (unpaired) electrons. The molecule has 0 bridgehead atoms. The fourth-order valence-corrected chi connectivity index (χ4v) is 1.60. The predicted octanol–water partition coefficient (Wildman–Crippen LogP) is 2.26. The lowest BCUT2D eigenvalue weighted by molar-refractivity contribution is -0.186. The van der Waals surface area contributed by atoms with Crippen LogP contribution in [0.25, 0.3) is 0 Å². The summed E-state index contributed by atoms with van der Waals surface area (Å²) in [5.41, 5.74) is 0.704. The van der Waals surface area contributed by atoms with Gasteiger partial charge in [-0.3, -0.25) is 4.79 Å². The molecule has 0 aromatic heterocycles. The van der Waals surface area contributed by atoms with Crippen molar-refractivity contribution in [2.45, 2.75) is 18.8 Å². The first-order valence-corrected chi connectivity index (χ1v) is 5.99. The normalized spacial score (nSPS) is 12.7. The molecule has 21 heavy (non-hydrogen) atoms. The van der Waals surface area contributed by atoms with Crippen molar-refractivity contribution in [1.29, 1.82) is 0 Å². The highest BCUT2D eigenvalue weighted by Crippen LogP contribution is 2.27. The molecule has 1 amide bonds. The Balaban J connectivity index is 2.55. The number of halogens is 4. The minimum Gasteiger partial charge on any atom is -0.493 e. The Labute approximate surface area is 119 Å². The van der Waals surface area contributed by atoms with E-state index in [1.807, 2.05) is 5.32 Å². The van der Waals surface area contributed by atoms with Gasteiger partial charge in [-0.2, -0.15) is 13.2 Å². The average Bonchev–Trinajstić information content (AvgIpc) is 2.45. The van der Waals surface area contributed by atoms with Gasteiger partial charge in [-0.25, -0.2) is 4.39 Å². The number of methoxy groups -OCH3 is 2. The summed E-state index contributed by atoms with van der Waals surface area (Å²) >= 11 is 0. The lowest BCUT2D eigenvalue weighted by Crippen LogP contribution is -2.41. The third-order valence-electron chi connectivity index (χ3n) is 2.68. The molecule has 0 unspecified atom stereocenters.